The number of ether oxygens (including phenoxy) is 3. The molecule has 2 heterocycles. The summed E-state index contributed by atoms with van der Waals surface area (Å²) in [6.07, 6.45) is 3.40. The molecule has 2 aromatic rings. The fourth-order valence-electron chi connectivity index (χ4n) is 3.19. The molecular weight excluding hydrogens is 412 g/mol. The molecule has 1 amide bonds. The minimum Gasteiger partial charge on any atom is -0.493 e. The van der Waals surface area contributed by atoms with Crippen molar-refractivity contribution in [2.45, 2.75) is 19.8 Å². The third kappa shape index (κ3) is 4.76. The average Bonchev–Trinajstić information content (AvgIpc) is 3.45. The fourth-order valence-corrected chi connectivity index (χ4v) is 3.45. The molecule has 1 fully saturated rings. The van der Waals surface area contributed by atoms with E-state index in [1.807, 2.05) is 0 Å². The Morgan fingerprint density at radius 2 is 1.87 bits per heavy atom. The van der Waals surface area contributed by atoms with Crippen LogP contribution in [0.1, 0.15) is 51.0 Å². The summed E-state index contributed by atoms with van der Waals surface area (Å²) in [5.74, 6) is -0.672. The molecule has 0 aliphatic carbocycles. The lowest BCUT2D eigenvalue weighted by Gasteiger charge is -2.13. The van der Waals surface area contributed by atoms with Gasteiger partial charge >= 0.3 is 5.97 Å². The first-order valence-corrected chi connectivity index (χ1v) is 10.0. The van der Waals surface area contributed by atoms with Crippen LogP contribution in [-0.4, -0.2) is 61.0 Å². The van der Waals surface area contributed by atoms with E-state index < -0.39 is 18.4 Å². The fraction of sp³-hybridized carbons (Fsp3) is 0.381. The molecule has 0 radical (unpaired) electrons. The number of halogens is 1. The molecule has 0 bridgehead atoms. The van der Waals surface area contributed by atoms with Crippen LogP contribution in [0.4, 0.5) is 0 Å². The second-order valence-electron chi connectivity index (χ2n) is 6.72. The molecule has 160 valence electrons. The SMILES string of the molecule is CCOc1c(Cl)cc(C(=O)OCC(=O)c2c[nH]c(C(=O)N3CCCC3)c2)cc1OC. The van der Waals surface area contributed by atoms with Crippen molar-refractivity contribution in [2.75, 3.05) is 33.4 Å². The minimum atomic E-state index is -0.726. The van der Waals surface area contributed by atoms with Crippen molar-refractivity contribution in [1.82, 2.24) is 9.88 Å². The number of benzene rings is 1. The number of hydrogen-bond donors (Lipinski definition) is 1. The van der Waals surface area contributed by atoms with Crippen molar-refractivity contribution in [3.05, 3.63) is 46.2 Å². The Morgan fingerprint density at radius 1 is 1.13 bits per heavy atom. The van der Waals surface area contributed by atoms with Crippen molar-refractivity contribution < 1.29 is 28.6 Å². The molecule has 0 saturated carbocycles. The highest BCUT2D eigenvalue weighted by Gasteiger charge is 2.22. The van der Waals surface area contributed by atoms with Crippen LogP contribution in [-0.2, 0) is 4.74 Å². The Morgan fingerprint density at radius 3 is 2.53 bits per heavy atom. The predicted octanol–water partition coefficient (Wildman–Crippen LogP) is 3.35. The van der Waals surface area contributed by atoms with Crippen molar-refractivity contribution in [3.8, 4) is 11.5 Å². The van der Waals surface area contributed by atoms with Crippen LogP contribution >= 0.6 is 11.6 Å². The van der Waals surface area contributed by atoms with Gasteiger partial charge < -0.3 is 24.1 Å². The van der Waals surface area contributed by atoms with Crippen molar-refractivity contribution in [3.63, 3.8) is 0 Å². The molecule has 0 spiro atoms. The highest BCUT2D eigenvalue weighted by Crippen LogP contribution is 2.36. The number of nitrogens with one attached hydrogen (secondary N) is 1. The van der Waals surface area contributed by atoms with E-state index >= 15 is 0 Å². The monoisotopic (exact) mass is 434 g/mol. The van der Waals surface area contributed by atoms with E-state index in [9.17, 15) is 14.4 Å². The molecule has 0 atom stereocenters. The van der Waals surface area contributed by atoms with Gasteiger partial charge in [0.25, 0.3) is 5.91 Å². The van der Waals surface area contributed by atoms with Crippen LogP contribution < -0.4 is 9.47 Å². The van der Waals surface area contributed by atoms with Gasteiger partial charge in [-0.15, -0.1) is 0 Å². The number of ketones is 1. The van der Waals surface area contributed by atoms with Gasteiger partial charge in [-0.1, -0.05) is 11.6 Å². The van der Waals surface area contributed by atoms with Crippen LogP contribution in [0.2, 0.25) is 5.02 Å². The van der Waals surface area contributed by atoms with Crippen molar-refractivity contribution in [1.29, 1.82) is 0 Å². The average molecular weight is 435 g/mol. The number of hydrogen-bond acceptors (Lipinski definition) is 6. The molecule has 9 heteroatoms. The first kappa shape index (κ1) is 21.7. The van der Waals surface area contributed by atoms with Crippen LogP contribution in [0.15, 0.2) is 24.4 Å². The maximum Gasteiger partial charge on any atom is 0.338 e. The normalized spacial score (nSPS) is 13.2. The first-order chi connectivity index (χ1) is 14.4. The Hall–Kier alpha value is -3.00. The van der Waals surface area contributed by atoms with E-state index in [-0.39, 0.29) is 22.1 Å². The molecule has 3 rings (SSSR count). The molecule has 1 N–H and O–H groups in total. The number of carbonyl (C=O) groups is 3. The van der Waals surface area contributed by atoms with Gasteiger partial charge in [0.1, 0.15) is 5.69 Å². The number of H-pyrrole nitrogens is 1. The van der Waals surface area contributed by atoms with Gasteiger partial charge in [0, 0.05) is 24.8 Å². The lowest BCUT2D eigenvalue weighted by Crippen LogP contribution is -2.27. The maximum atomic E-state index is 12.4. The number of esters is 1. The third-order valence-electron chi connectivity index (χ3n) is 4.72. The number of aromatic amines is 1. The molecule has 1 aliphatic heterocycles. The van der Waals surface area contributed by atoms with E-state index in [1.165, 1.54) is 31.5 Å². The van der Waals surface area contributed by atoms with E-state index in [0.717, 1.165) is 12.8 Å². The zero-order valence-electron chi connectivity index (χ0n) is 16.8. The van der Waals surface area contributed by atoms with Gasteiger partial charge in [-0.25, -0.2) is 4.79 Å². The summed E-state index contributed by atoms with van der Waals surface area (Å²) < 4.78 is 15.7. The van der Waals surface area contributed by atoms with E-state index in [0.29, 0.717) is 36.9 Å². The Bertz CT molecular complexity index is 949. The quantitative estimate of drug-likeness (QED) is 0.505. The minimum absolute atomic E-state index is 0.132. The summed E-state index contributed by atoms with van der Waals surface area (Å²) in [4.78, 5) is 41.7. The summed E-state index contributed by atoms with van der Waals surface area (Å²) in [5, 5.41) is 0.199. The van der Waals surface area contributed by atoms with Crippen LogP contribution in [0.25, 0.3) is 0 Å². The van der Waals surface area contributed by atoms with Crippen molar-refractivity contribution in [2.24, 2.45) is 0 Å². The summed E-state index contributed by atoms with van der Waals surface area (Å²) >= 11 is 6.16. The number of amides is 1. The standard InChI is InChI=1S/C21H23ClN2O6/c1-3-29-19-15(22)8-13(10-18(19)28-2)21(27)30-12-17(25)14-9-16(23-11-14)20(26)24-6-4-5-7-24/h8-11,23H,3-7,12H2,1-2H3. The predicted molar refractivity (Wildman–Crippen MR) is 110 cm³/mol. The van der Waals surface area contributed by atoms with Gasteiger partial charge in [0.15, 0.2) is 18.1 Å². The maximum absolute atomic E-state index is 12.4. The number of aromatic nitrogens is 1. The summed E-state index contributed by atoms with van der Waals surface area (Å²) in [5.41, 5.74) is 0.745. The lowest BCUT2D eigenvalue weighted by molar-refractivity contribution is 0.0474. The molecule has 1 aliphatic rings. The number of rotatable bonds is 8. The highest BCUT2D eigenvalue weighted by molar-refractivity contribution is 6.32. The topological polar surface area (TPSA) is 97.9 Å². The molecule has 30 heavy (non-hydrogen) atoms. The molecular formula is C21H23ClN2O6. The van der Waals surface area contributed by atoms with Gasteiger partial charge in [-0.2, -0.15) is 0 Å². The Labute approximate surface area is 179 Å². The van der Waals surface area contributed by atoms with Crippen LogP contribution in [0.5, 0.6) is 11.5 Å². The molecule has 0 unspecified atom stereocenters. The second kappa shape index (κ2) is 9.67. The van der Waals surface area contributed by atoms with Crippen LogP contribution in [0.3, 0.4) is 0 Å². The molecule has 1 aromatic carbocycles. The van der Waals surface area contributed by atoms with Gasteiger partial charge in [-0.05, 0) is 38.0 Å². The first-order valence-electron chi connectivity index (χ1n) is 9.63. The second-order valence-corrected chi connectivity index (χ2v) is 7.13. The smallest absolute Gasteiger partial charge is 0.338 e. The lowest BCUT2D eigenvalue weighted by atomic mass is 10.2. The van der Waals surface area contributed by atoms with E-state index in [2.05, 4.69) is 4.98 Å². The zero-order valence-corrected chi connectivity index (χ0v) is 17.6. The largest absolute Gasteiger partial charge is 0.493 e. The Balaban J connectivity index is 1.63. The number of carbonyl (C=O) groups excluding carboxylic acids is 3. The van der Waals surface area contributed by atoms with E-state index in [1.54, 1.807) is 11.8 Å². The number of likely N-dealkylation sites (tertiary alicyclic amines) is 1. The van der Waals surface area contributed by atoms with Gasteiger partial charge in [-0.3, -0.25) is 9.59 Å². The number of Topliss-reactive ketones (excluding diaryl/α,β-unsaturated/α-hetero) is 1. The van der Waals surface area contributed by atoms with Crippen LogP contribution in [0, 0.1) is 0 Å². The van der Waals surface area contributed by atoms with Crippen molar-refractivity contribution >= 4 is 29.3 Å². The highest BCUT2D eigenvalue weighted by atomic mass is 35.5. The summed E-state index contributed by atoms with van der Waals surface area (Å²) in [6.45, 7) is 3.14. The summed E-state index contributed by atoms with van der Waals surface area (Å²) in [7, 11) is 1.43. The third-order valence-corrected chi connectivity index (χ3v) is 5.00. The molecule has 1 aromatic heterocycles. The van der Waals surface area contributed by atoms with E-state index in [4.69, 9.17) is 25.8 Å². The zero-order chi connectivity index (χ0) is 21.7. The molecule has 8 nitrogen and oxygen atoms in total. The number of methoxy groups -OCH3 is 1. The van der Waals surface area contributed by atoms with Gasteiger partial charge in [0.2, 0.25) is 5.78 Å². The number of nitrogens with zero attached hydrogens (tertiary/aromatic N) is 1. The molecule has 1 saturated heterocycles. The summed E-state index contributed by atoms with van der Waals surface area (Å²) in [6, 6.07) is 4.31. The van der Waals surface area contributed by atoms with Gasteiger partial charge in [0.05, 0.1) is 24.3 Å². The Kier molecular flexibility index (Phi) is 6.99.